The summed E-state index contributed by atoms with van der Waals surface area (Å²) in [5.74, 6) is 0. The van der Waals surface area contributed by atoms with Gasteiger partial charge in [-0.25, -0.2) is 0 Å². The third-order valence-electron chi connectivity index (χ3n) is 3.71. The Morgan fingerprint density at radius 3 is 1.36 bits per heavy atom. The van der Waals surface area contributed by atoms with Gasteiger partial charge in [0.05, 0.1) is 0 Å². The van der Waals surface area contributed by atoms with Gasteiger partial charge in [0.15, 0.2) is 12.6 Å². The van der Waals surface area contributed by atoms with E-state index in [1.807, 2.05) is 24.3 Å². The summed E-state index contributed by atoms with van der Waals surface area (Å²) in [6, 6.07) is 7.77. The molecule has 4 nitrogen and oxygen atoms in total. The van der Waals surface area contributed by atoms with E-state index in [-0.39, 0.29) is 39.0 Å². The number of aliphatic hydroxyl groups excluding tert-OH is 2. The van der Waals surface area contributed by atoms with E-state index in [9.17, 15) is 20.4 Å². The molecular weight excluding hydrogens is 462 g/mol. The van der Waals surface area contributed by atoms with Crippen LogP contribution >= 0.6 is 0 Å². The van der Waals surface area contributed by atoms with Crippen molar-refractivity contribution in [1.82, 2.24) is 0 Å². The zero-order valence-corrected chi connectivity index (χ0v) is 16.6. The van der Waals surface area contributed by atoms with Crippen LogP contribution in [-0.4, -0.2) is 33.0 Å². The summed E-state index contributed by atoms with van der Waals surface area (Å²) in [7, 11) is 0. The van der Waals surface area contributed by atoms with Crippen LogP contribution < -0.4 is 0 Å². The molecular formula is C16H26O4Rh2. The van der Waals surface area contributed by atoms with Gasteiger partial charge in [-0.05, 0) is 24.0 Å². The van der Waals surface area contributed by atoms with E-state index >= 15 is 0 Å². The molecule has 0 aliphatic carbocycles. The van der Waals surface area contributed by atoms with Crippen LogP contribution in [0.25, 0.3) is 0 Å². The quantitative estimate of drug-likeness (QED) is 0.361. The monoisotopic (exact) mass is 488 g/mol. The zero-order chi connectivity index (χ0) is 15.6. The van der Waals surface area contributed by atoms with E-state index < -0.39 is 23.4 Å². The third-order valence-corrected chi connectivity index (χ3v) is 3.71. The van der Waals surface area contributed by atoms with Gasteiger partial charge in [-0.1, -0.05) is 52.0 Å². The van der Waals surface area contributed by atoms with Gasteiger partial charge in [-0.3, -0.25) is 0 Å². The average Bonchev–Trinajstić information content (AvgIpc) is 2.27. The number of aliphatic hydroxyl groups is 4. The van der Waals surface area contributed by atoms with Gasteiger partial charge in [-0.15, -0.1) is 0 Å². The van der Waals surface area contributed by atoms with Gasteiger partial charge in [0.1, 0.15) is 0 Å². The first-order chi connectivity index (χ1) is 9.04. The van der Waals surface area contributed by atoms with Gasteiger partial charge in [0.2, 0.25) is 0 Å². The fourth-order valence-corrected chi connectivity index (χ4v) is 2.08. The first kappa shape index (κ1) is 24.6. The van der Waals surface area contributed by atoms with Crippen molar-refractivity contribution in [3.8, 4) is 0 Å². The SMILES string of the molecule is CC(C)(Cc1cccc(CC(C)(C)C(O)O)c1)C(O)O.[Rh].[Rh]. The van der Waals surface area contributed by atoms with Gasteiger partial charge < -0.3 is 20.4 Å². The fourth-order valence-electron chi connectivity index (χ4n) is 2.08. The molecule has 0 fully saturated rings. The summed E-state index contributed by atoms with van der Waals surface area (Å²) in [6.45, 7) is 7.19. The van der Waals surface area contributed by atoms with Crippen LogP contribution in [0.5, 0.6) is 0 Å². The molecule has 6 heteroatoms. The molecule has 22 heavy (non-hydrogen) atoms. The second-order valence-corrected chi connectivity index (χ2v) is 6.90. The van der Waals surface area contributed by atoms with Gasteiger partial charge in [0.25, 0.3) is 0 Å². The van der Waals surface area contributed by atoms with E-state index in [1.54, 1.807) is 27.7 Å². The smallest absolute Gasteiger partial charge is 0.156 e. The minimum atomic E-state index is -1.37. The molecule has 0 heterocycles. The summed E-state index contributed by atoms with van der Waals surface area (Å²) < 4.78 is 0. The predicted molar refractivity (Wildman–Crippen MR) is 77.9 cm³/mol. The van der Waals surface area contributed by atoms with E-state index in [4.69, 9.17) is 0 Å². The molecule has 1 aromatic carbocycles. The van der Waals surface area contributed by atoms with Crippen LogP contribution in [0, 0.1) is 10.8 Å². The summed E-state index contributed by atoms with van der Waals surface area (Å²) >= 11 is 0. The molecule has 4 N–H and O–H groups in total. The molecule has 0 aromatic heterocycles. The van der Waals surface area contributed by atoms with Crippen molar-refractivity contribution in [1.29, 1.82) is 0 Å². The number of hydrogen-bond acceptors (Lipinski definition) is 4. The Labute approximate surface area is 158 Å². The largest absolute Gasteiger partial charge is 0.368 e. The topological polar surface area (TPSA) is 80.9 Å². The molecule has 0 saturated heterocycles. The summed E-state index contributed by atoms with van der Waals surface area (Å²) in [5, 5.41) is 37.4. The Kier molecular flexibility index (Phi) is 10.7. The number of rotatable bonds is 6. The van der Waals surface area contributed by atoms with Crippen molar-refractivity contribution in [3.63, 3.8) is 0 Å². The Morgan fingerprint density at radius 2 is 1.09 bits per heavy atom. The van der Waals surface area contributed by atoms with Crippen LogP contribution in [0.4, 0.5) is 0 Å². The summed E-state index contributed by atoms with van der Waals surface area (Å²) in [4.78, 5) is 0. The summed E-state index contributed by atoms with van der Waals surface area (Å²) in [6.07, 6.45) is -1.66. The fraction of sp³-hybridized carbons (Fsp3) is 0.625. The van der Waals surface area contributed by atoms with E-state index in [0.717, 1.165) is 11.1 Å². The first-order valence-corrected chi connectivity index (χ1v) is 6.85. The molecule has 0 bridgehead atoms. The maximum Gasteiger partial charge on any atom is 0.156 e. The normalized spacial score (nSPS) is 12.1. The van der Waals surface area contributed by atoms with E-state index in [0.29, 0.717) is 12.8 Å². The average molecular weight is 488 g/mol. The molecule has 132 valence electrons. The number of benzene rings is 1. The molecule has 0 spiro atoms. The van der Waals surface area contributed by atoms with Crippen LogP contribution in [0.3, 0.4) is 0 Å². The molecule has 0 atom stereocenters. The molecule has 1 aromatic rings. The second kappa shape index (κ2) is 9.57. The molecule has 0 aliphatic rings. The standard InChI is InChI=1S/C16H26O4.2Rh/c1-15(2,13(17)18)9-11-6-5-7-12(8-11)10-16(3,4)14(19)20;;/h5-8,13-14,17-20H,9-10H2,1-4H3;;. The van der Waals surface area contributed by atoms with E-state index in [1.165, 1.54) is 0 Å². The minimum Gasteiger partial charge on any atom is -0.368 e. The Morgan fingerprint density at radius 1 is 0.773 bits per heavy atom. The molecule has 0 aliphatic heterocycles. The number of hydrogen-bond donors (Lipinski definition) is 4. The molecule has 0 saturated carbocycles. The van der Waals surface area contributed by atoms with Crippen LogP contribution in [0.1, 0.15) is 38.8 Å². The van der Waals surface area contributed by atoms with Crippen molar-refractivity contribution in [2.24, 2.45) is 10.8 Å². The molecule has 1 rings (SSSR count). The Bertz CT molecular complexity index is 408. The second-order valence-electron chi connectivity index (χ2n) is 6.90. The Hall–Kier alpha value is 0.307. The van der Waals surface area contributed by atoms with Crippen LogP contribution in [0.15, 0.2) is 24.3 Å². The van der Waals surface area contributed by atoms with Gasteiger partial charge in [0, 0.05) is 49.8 Å². The first-order valence-electron chi connectivity index (χ1n) is 6.85. The maximum atomic E-state index is 9.36. The maximum absolute atomic E-state index is 9.36. The van der Waals surface area contributed by atoms with Crippen LogP contribution in [-0.2, 0) is 51.8 Å². The van der Waals surface area contributed by atoms with Crippen molar-refractivity contribution < 1.29 is 59.4 Å². The van der Waals surface area contributed by atoms with Crippen molar-refractivity contribution in [2.75, 3.05) is 0 Å². The molecule has 0 amide bonds. The van der Waals surface area contributed by atoms with Crippen molar-refractivity contribution in [2.45, 2.75) is 53.1 Å². The van der Waals surface area contributed by atoms with Gasteiger partial charge >= 0.3 is 0 Å². The minimum absolute atomic E-state index is 0. The Balaban J connectivity index is 0. The van der Waals surface area contributed by atoms with Crippen molar-refractivity contribution >= 4 is 0 Å². The molecule has 2 radical (unpaired) electrons. The van der Waals surface area contributed by atoms with Gasteiger partial charge in [-0.2, -0.15) is 0 Å². The predicted octanol–water partition coefficient (Wildman–Crippen LogP) is 1.44. The van der Waals surface area contributed by atoms with Crippen LogP contribution in [0.2, 0.25) is 0 Å². The third kappa shape index (κ3) is 7.25. The zero-order valence-electron chi connectivity index (χ0n) is 13.3. The summed E-state index contributed by atoms with van der Waals surface area (Å²) in [5.41, 5.74) is 0.766. The van der Waals surface area contributed by atoms with Crippen molar-refractivity contribution in [3.05, 3.63) is 35.4 Å². The van der Waals surface area contributed by atoms with E-state index in [2.05, 4.69) is 0 Å². The molecule has 0 unspecified atom stereocenters.